The maximum atomic E-state index is 12.6. The molecule has 0 radical (unpaired) electrons. The summed E-state index contributed by atoms with van der Waals surface area (Å²) in [7, 11) is -0.585. The van der Waals surface area contributed by atoms with E-state index in [0.717, 1.165) is 6.20 Å². The van der Waals surface area contributed by atoms with Gasteiger partial charge >= 0.3 is 7.12 Å². The summed E-state index contributed by atoms with van der Waals surface area (Å²) in [5, 5.41) is 0. The molecule has 16 heavy (non-hydrogen) atoms. The lowest BCUT2D eigenvalue weighted by Gasteiger charge is -2.32. The van der Waals surface area contributed by atoms with Crippen molar-refractivity contribution in [3.05, 3.63) is 18.3 Å². The van der Waals surface area contributed by atoms with Crippen LogP contribution in [0.3, 0.4) is 0 Å². The van der Waals surface area contributed by atoms with Crippen molar-refractivity contribution in [3.63, 3.8) is 0 Å². The van der Waals surface area contributed by atoms with Crippen molar-refractivity contribution in [1.29, 1.82) is 0 Å². The van der Waals surface area contributed by atoms with Crippen LogP contribution in [-0.2, 0) is 9.31 Å². The fourth-order valence-corrected chi connectivity index (χ4v) is 1.41. The molecule has 6 heteroatoms. The first-order valence-corrected chi connectivity index (χ1v) is 5.15. The van der Waals surface area contributed by atoms with Crippen LogP contribution >= 0.6 is 0 Å². The molecule has 0 aromatic carbocycles. The van der Waals surface area contributed by atoms with Gasteiger partial charge in [0.15, 0.2) is 0 Å². The third-order valence-corrected chi connectivity index (χ3v) is 3.14. The second kappa shape index (κ2) is 3.50. The van der Waals surface area contributed by atoms with E-state index in [1.54, 1.807) is 0 Å². The van der Waals surface area contributed by atoms with Crippen LogP contribution in [-0.4, -0.2) is 28.3 Å². The lowest BCUT2D eigenvalue weighted by atomic mass is 9.85. The Hall–Kier alpha value is -1.01. The number of hydrogen-bond acceptors (Lipinski definition) is 4. The van der Waals surface area contributed by atoms with E-state index in [1.165, 1.54) is 6.20 Å². The van der Waals surface area contributed by atoms with E-state index in [-0.39, 0.29) is 0 Å². The standard InChI is InChI=1S/C10H14BFN2O2/c1-9(2)10(3,4)16-11(15-9)7-5-14-8(12)6-13-7/h5-6H,1-4H3. The molecule has 0 N–H and O–H groups in total. The topological polar surface area (TPSA) is 44.2 Å². The maximum absolute atomic E-state index is 12.6. The molecule has 0 amide bonds. The van der Waals surface area contributed by atoms with Crippen LogP contribution in [0.15, 0.2) is 12.4 Å². The Bertz CT molecular complexity index is 378. The normalized spacial score (nSPS) is 22.4. The molecule has 0 saturated carbocycles. The minimum atomic E-state index is -0.611. The van der Waals surface area contributed by atoms with Crippen LogP contribution in [0.4, 0.5) is 4.39 Å². The Balaban J connectivity index is 2.23. The Kier molecular flexibility index (Phi) is 2.51. The van der Waals surface area contributed by atoms with Gasteiger partial charge in [0.05, 0.1) is 23.0 Å². The molecule has 2 rings (SSSR count). The average molecular weight is 224 g/mol. The summed E-state index contributed by atoms with van der Waals surface area (Å²) >= 11 is 0. The molecule has 1 aliphatic rings. The van der Waals surface area contributed by atoms with E-state index in [4.69, 9.17) is 9.31 Å². The molecule has 0 aliphatic carbocycles. The number of hydrogen-bond donors (Lipinski definition) is 0. The third kappa shape index (κ3) is 1.83. The molecule has 1 fully saturated rings. The van der Waals surface area contributed by atoms with Gasteiger partial charge in [0.25, 0.3) is 0 Å². The number of halogens is 1. The Morgan fingerprint density at radius 3 is 2.06 bits per heavy atom. The maximum Gasteiger partial charge on any atom is 0.516 e. The van der Waals surface area contributed by atoms with Gasteiger partial charge in [-0.2, -0.15) is 4.39 Å². The quantitative estimate of drug-likeness (QED) is 0.665. The Morgan fingerprint density at radius 1 is 1.06 bits per heavy atom. The summed E-state index contributed by atoms with van der Waals surface area (Å²) in [5.41, 5.74) is -0.360. The molecule has 1 aliphatic heterocycles. The fraction of sp³-hybridized carbons (Fsp3) is 0.600. The Morgan fingerprint density at radius 2 is 1.62 bits per heavy atom. The lowest BCUT2D eigenvalue weighted by Crippen LogP contribution is -2.41. The molecule has 0 bridgehead atoms. The van der Waals surface area contributed by atoms with Crippen molar-refractivity contribution in [2.75, 3.05) is 0 Å². The highest BCUT2D eigenvalue weighted by Crippen LogP contribution is 2.36. The molecule has 1 aromatic heterocycles. The van der Waals surface area contributed by atoms with Gasteiger partial charge in [0, 0.05) is 6.20 Å². The van der Waals surface area contributed by atoms with Crippen LogP contribution in [0.5, 0.6) is 0 Å². The largest absolute Gasteiger partial charge is 0.516 e. The average Bonchev–Trinajstić information content (AvgIpc) is 2.37. The minimum absolute atomic E-state index is 0.423. The first-order valence-electron chi connectivity index (χ1n) is 5.15. The summed E-state index contributed by atoms with van der Waals surface area (Å²) in [4.78, 5) is 7.43. The van der Waals surface area contributed by atoms with Gasteiger partial charge in [-0.1, -0.05) is 0 Å². The second-order valence-electron chi connectivity index (χ2n) is 4.85. The summed E-state index contributed by atoms with van der Waals surface area (Å²) in [6.45, 7) is 7.79. The molecule has 0 unspecified atom stereocenters. The SMILES string of the molecule is CC1(C)OB(c2cnc(F)cn2)OC1(C)C. The Labute approximate surface area is 94.3 Å². The molecule has 1 saturated heterocycles. The van der Waals surface area contributed by atoms with Gasteiger partial charge in [0.1, 0.15) is 0 Å². The first-order chi connectivity index (χ1) is 7.32. The van der Waals surface area contributed by atoms with Crippen LogP contribution in [0.25, 0.3) is 0 Å². The predicted molar refractivity (Wildman–Crippen MR) is 57.7 cm³/mol. The number of aromatic nitrogens is 2. The highest BCUT2D eigenvalue weighted by molar-refractivity contribution is 6.61. The molecule has 1 aromatic rings. The van der Waals surface area contributed by atoms with E-state index >= 15 is 0 Å². The van der Waals surface area contributed by atoms with Crippen LogP contribution in [0.2, 0.25) is 0 Å². The predicted octanol–water partition coefficient (Wildman–Crippen LogP) is 0.915. The van der Waals surface area contributed by atoms with E-state index in [9.17, 15) is 4.39 Å². The third-order valence-electron chi connectivity index (χ3n) is 3.14. The zero-order valence-electron chi connectivity index (χ0n) is 9.82. The molecular weight excluding hydrogens is 210 g/mol. The second-order valence-corrected chi connectivity index (χ2v) is 4.85. The van der Waals surface area contributed by atoms with Crippen LogP contribution < -0.4 is 5.59 Å². The highest BCUT2D eigenvalue weighted by Gasteiger charge is 2.52. The fourth-order valence-electron chi connectivity index (χ4n) is 1.41. The molecule has 4 nitrogen and oxygen atoms in total. The van der Waals surface area contributed by atoms with Gasteiger partial charge in [-0.25, -0.2) is 4.98 Å². The van der Waals surface area contributed by atoms with E-state index in [2.05, 4.69) is 9.97 Å². The van der Waals surface area contributed by atoms with Crippen molar-refractivity contribution in [1.82, 2.24) is 9.97 Å². The monoisotopic (exact) mass is 224 g/mol. The lowest BCUT2D eigenvalue weighted by molar-refractivity contribution is 0.00578. The zero-order chi connectivity index (χ0) is 12.0. The molecule has 2 heterocycles. The molecule has 0 spiro atoms. The van der Waals surface area contributed by atoms with Crippen LogP contribution in [0.1, 0.15) is 27.7 Å². The van der Waals surface area contributed by atoms with Crippen molar-refractivity contribution >= 4 is 12.7 Å². The molecule has 86 valence electrons. The van der Waals surface area contributed by atoms with E-state index in [0.29, 0.717) is 5.59 Å². The van der Waals surface area contributed by atoms with Gasteiger partial charge < -0.3 is 9.31 Å². The molecular formula is C10H14BFN2O2. The van der Waals surface area contributed by atoms with Crippen molar-refractivity contribution in [3.8, 4) is 0 Å². The highest BCUT2D eigenvalue weighted by atomic mass is 19.1. The van der Waals surface area contributed by atoms with Crippen molar-refractivity contribution < 1.29 is 13.7 Å². The first kappa shape index (κ1) is 11.5. The van der Waals surface area contributed by atoms with Gasteiger partial charge in [-0.05, 0) is 27.7 Å². The minimum Gasteiger partial charge on any atom is -0.398 e. The smallest absolute Gasteiger partial charge is 0.398 e. The van der Waals surface area contributed by atoms with Crippen molar-refractivity contribution in [2.45, 2.75) is 38.9 Å². The summed E-state index contributed by atoms with van der Waals surface area (Å²) in [5.74, 6) is -0.611. The number of rotatable bonds is 1. The van der Waals surface area contributed by atoms with Crippen LogP contribution in [0, 0.1) is 5.95 Å². The van der Waals surface area contributed by atoms with E-state index in [1.807, 2.05) is 27.7 Å². The summed E-state index contributed by atoms with van der Waals surface area (Å²) in [6.07, 6.45) is 2.39. The zero-order valence-corrected chi connectivity index (χ0v) is 9.82. The summed E-state index contributed by atoms with van der Waals surface area (Å²) < 4.78 is 24.1. The van der Waals surface area contributed by atoms with Gasteiger partial charge in [-0.3, -0.25) is 4.98 Å². The summed E-state index contributed by atoms with van der Waals surface area (Å²) in [6, 6.07) is 0. The van der Waals surface area contributed by atoms with Crippen molar-refractivity contribution in [2.24, 2.45) is 0 Å². The van der Waals surface area contributed by atoms with Gasteiger partial charge in [-0.15, -0.1) is 0 Å². The van der Waals surface area contributed by atoms with Gasteiger partial charge in [0.2, 0.25) is 5.95 Å². The number of nitrogens with zero attached hydrogens (tertiary/aromatic N) is 2. The van der Waals surface area contributed by atoms with E-state index < -0.39 is 24.3 Å². The molecule has 0 atom stereocenters.